The van der Waals surface area contributed by atoms with Gasteiger partial charge in [0.05, 0.1) is 19.0 Å². The third-order valence-electron chi connectivity index (χ3n) is 2.87. The van der Waals surface area contributed by atoms with Gasteiger partial charge < -0.3 is 15.6 Å². The summed E-state index contributed by atoms with van der Waals surface area (Å²) in [6.07, 6.45) is 1.95. The second kappa shape index (κ2) is 6.90. The first kappa shape index (κ1) is 15.8. The molecule has 0 fully saturated rings. The molecule has 0 aliphatic heterocycles. The number of aryl methyl sites for hydroxylation is 1. The lowest BCUT2D eigenvalue weighted by atomic mass is 10.2. The highest BCUT2D eigenvalue weighted by Gasteiger charge is 2.15. The first-order chi connectivity index (χ1) is 10.6. The number of anilines is 1. The highest BCUT2D eigenvalue weighted by atomic mass is 32.1. The van der Waals surface area contributed by atoms with Crippen LogP contribution < -0.4 is 15.9 Å². The minimum atomic E-state index is -0.385. The fourth-order valence-electron chi connectivity index (χ4n) is 1.81. The van der Waals surface area contributed by atoms with Crippen LogP contribution in [0.1, 0.15) is 27.9 Å². The Labute approximate surface area is 131 Å². The number of aromatic hydroxyl groups is 1. The van der Waals surface area contributed by atoms with Gasteiger partial charge in [-0.25, -0.2) is 10.4 Å². The van der Waals surface area contributed by atoms with Crippen molar-refractivity contribution >= 4 is 28.6 Å². The molecule has 0 aliphatic carbocycles. The van der Waals surface area contributed by atoms with Crippen molar-refractivity contribution in [1.82, 2.24) is 10.4 Å². The lowest BCUT2D eigenvalue weighted by Crippen LogP contribution is -2.17. The molecule has 2 aromatic rings. The number of benzene rings is 1. The second-order valence-corrected chi connectivity index (χ2v) is 5.31. The van der Waals surface area contributed by atoms with Crippen molar-refractivity contribution in [2.75, 3.05) is 12.8 Å². The fourth-order valence-corrected chi connectivity index (χ4v) is 2.62. The zero-order valence-corrected chi connectivity index (χ0v) is 13.0. The summed E-state index contributed by atoms with van der Waals surface area (Å²) in [6, 6.07) is 4.98. The molecule has 1 aromatic carbocycles. The van der Waals surface area contributed by atoms with E-state index in [1.54, 1.807) is 18.2 Å². The molecular weight excluding hydrogens is 304 g/mol. The van der Waals surface area contributed by atoms with Crippen LogP contribution in [-0.2, 0) is 6.42 Å². The van der Waals surface area contributed by atoms with Crippen LogP contribution in [0, 0.1) is 0 Å². The molecule has 8 heteroatoms. The second-order valence-electron chi connectivity index (χ2n) is 4.28. The molecular formula is C14H16N4O3S. The van der Waals surface area contributed by atoms with Crippen molar-refractivity contribution in [3.8, 4) is 11.5 Å². The van der Waals surface area contributed by atoms with E-state index in [1.165, 1.54) is 13.3 Å². The van der Waals surface area contributed by atoms with E-state index in [0.717, 1.165) is 11.3 Å². The van der Waals surface area contributed by atoms with E-state index in [1.807, 2.05) is 6.92 Å². The summed E-state index contributed by atoms with van der Waals surface area (Å²) in [4.78, 5) is 16.6. The van der Waals surface area contributed by atoms with Gasteiger partial charge in [0.25, 0.3) is 5.91 Å². The van der Waals surface area contributed by atoms with Crippen LogP contribution in [0.3, 0.4) is 0 Å². The zero-order chi connectivity index (χ0) is 16.1. The van der Waals surface area contributed by atoms with E-state index in [4.69, 9.17) is 10.5 Å². The molecule has 0 aliphatic rings. The number of carbonyl (C=O) groups excluding carboxylic acids is 1. The van der Waals surface area contributed by atoms with Gasteiger partial charge in [-0.05, 0) is 18.6 Å². The van der Waals surface area contributed by atoms with E-state index >= 15 is 0 Å². The average Bonchev–Trinajstić information content (AvgIpc) is 2.90. The maximum atomic E-state index is 12.0. The van der Waals surface area contributed by atoms with Crippen molar-refractivity contribution < 1.29 is 14.6 Å². The van der Waals surface area contributed by atoms with E-state index < -0.39 is 0 Å². The Balaban J connectivity index is 2.11. The van der Waals surface area contributed by atoms with Crippen LogP contribution >= 0.6 is 11.3 Å². The number of phenols is 1. The van der Waals surface area contributed by atoms with Gasteiger partial charge in [-0.2, -0.15) is 5.10 Å². The molecule has 0 spiro atoms. The van der Waals surface area contributed by atoms with E-state index in [-0.39, 0.29) is 11.7 Å². The van der Waals surface area contributed by atoms with Gasteiger partial charge in [0.15, 0.2) is 16.6 Å². The number of nitrogens with two attached hydrogens (primary N) is 1. The topological polar surface area (TPSA) is 110 Å². The maximum Gasteiger partial charge on any atom is 0.283 e. The molecule has 0 bridgehead atoms. The summed E-state index contributed by atoms with van der Waals surface area (Å²) in [5.41, 5.74) is 9.07. The number of nitrogen functional groups attached to an aromatic ring is 1. The summed E-state index contributed by atoms with van der Waals surface area (Å²) in [6.45, 7) is 1.89. The Morgan fingerprint density at radius 1 is 1.59 bits per heavy atom. The van der Waals surface area contributed by atoms with Gasteiger partial charge in [-0.1, -0.05) is 24.3 Å². The first-order valence-corrected chi connectivity index (χ1v) is 7.33. The number of hydrogen-bond acceptors (Lipinski definition) is 7. The normalized spacial score (nSPS) is 10.8. The minimum Gasteiger partial charge on any atom is -0.504 e. The van der Waals surface area contributed by atoms with Gasteiger partial charge in [0.2, 0.25) is 0 Å². The Morgan fingerprint density at radius 3 is 3.05 bits per heavy atom. The number of aromatic nitrogens is 1. The smallest absolute Gasteiger partial charge is 0.283 e. The lowest BCUT2D eigenvalue weighted by molar-refractivity contribution is 0.0958. The molecule has 7 nitrogen and oxygen atoms in total. The molecule has 0 unspecified atom stereocenters. The van der Waals surface area contributed by atoms with Crippen molar-refractivity contribution in [1.29, 1.82) is 0 Å². The predicted molar refractivity (Wildman–Crippen MR) is 85.6 cm³/mol. The largest absolute Gasteiger partial charge is 0.504 e. The summed E-state index contributed by atoms with van der Waals surface area (Å²) in [5, 5.41) is 14.1. The number of hydrazone groups is 1. The zero-order valence-electron chi connectivity index (χ0n) is 12.2. The Kier molecular flexibility index (Phi) is 4.95. The fraction of sp³-hybridized carbons (Fsp3) is 0.214. The number of hydrogen-bond donors (Lipinski definition) is 3. The average molecular weight is 320 g/mol. The first-order valence-electron chi connectivity index (χ1n) is 6.51. The number of para-hydroxylation sites is 1. The van der Waals surface area contributed by atoms with Crippen LogP contribution in [0.2, 0.25) is 0 Å². The highest BCUT2D eigenvalue weighted by molar-refractivity contribution is 7.17. The predicted octanol–water partition coefficient (Wildman–Crippen LogP) is 1.77. The molecule has 4 N–H and O–H groups in total. The quantitative estimate of drug-likeness (QED) is 0.574. The molecule has 1 aromatic heterocycles. The molecule has 2 rings (SSSR count). The number of thiazole rings is 1. The van der Waals surface area contributed by atoms with Gasteiger partial charge in [-0.15, -0.1) is 0 Å². The van der Waals surface area contributed by atoms with Crippen molar-refractivity contribution in [2.24, 2.45) is 5.10 Å². The van der Waals surface area contributed by atoms with Gasteiger partial charge in [0, 0.05) is 5.56 Å². The van der Waals surface area contributed by atoms with Gasteiger partial charge in [-0.3, -0.25) is 4.79 Å². The monoisotopic (exact) mass is 320 g/mol. The molecule has 0 radical (unpaired) electrons. The van der Waals surface area contributed by atoms with Crippen LogP contribution in [0.15, 0.2) is 23.3 Å². The third kappa shape index (κ3) is 3.34. The number of nitrogens with zero attached hydrogens (tertiary/aromatic N) is 2. The number of amides is 1. The third-order valence-corrected chi connectivity index (χ3v) is 3.80. The maximum absolute atomic E-state index is 12.0. The minimum absolute atomic E-state index is 0.0423. The number of ether oxygens (including phenoxy) is 1. The van der Waals surface area contributed by atoms with Crippen LogP contribution in [0.5, 0.6) is 11.5 Å². The Bertz CT molecular complexity index is 712. The van der Waals surface area contributed by atoms with E-state index in [9.17, 15) is 9.90 Å². The number of phenolic OH excluding ortho intramolecular Hbond substituents is 1. The molecule has 0 saturated carbocycles. The van der Waals surface area contributed by atoms with Crippen LogP contribution in [0.4, 0.5) is 5.13 Å². The summed E-state index contributed by atoms with van der Waals surface area (Å²) >= 11 is 1.11. The van der Waals surface area contributed by atoms with E-state index in [2.05, 4.69) is 15.5 Å². The molecule has 22 heavy (non-hydrogen) atoms. The molecule has 1 amide bonds. The number of nitrogens with one attached hydrogen (secondary N) is 1. The number of carbonyl (C=O) groups is 1. The molecule has 1 heterocycles. The van der Waals surface area contributed by atoms with E-state index in [0.29, 0.717) is 33.4 Å². The summed E-state index contributed by atoms with van der Waals surface area (Å²) in [7, 11) is 1.46. The standard InChI is InChI=1S/C14H16N4O3S/c1-3-9-12(22-14(15)17-9)13(20)18-16-7-8-5-4-6-10(21-2)11(8)19/h4-7,19H,3H2,1-2H3,(H2,15,17)(H,18,20). The van der Waals surface area contributed by atoms with Crippen molar-refractivity contribution in [3.63, 3.8) is 0 Å². The van der Waals surface area contributed by atoms with Crippen molar-refractivity contribution in [2.45, 2.75) is 13.3 Å². The van der Waals surface area contributed by atoms with Crippen LogP contribution in [0.25, 0.3) is 0 Å². The SMILES string of the molecule is CCc1nc(N)sc1C(=O)NN=Cc1cccc(OC)c1O. The Morgan fingerprint density at radius 2 is 2.36 bits per heavy atom. The van der Waals surface area contributed by atoms with Crippen LogP contribution in [-0.4, -0.2) is 29.3 Å². The number of methoxy groups -OCH3 is 1. The number of rotatable bonds is 5. The highest BCUT2D eigenvalue weighted by Crippen LogP contribution is 2.28. The summed E-state index contributed by atoms with van der Waals surface area (Å²) in [5.74, 6) is -0.0947. The van der Waals surface area contributed by atoms with Crippen molar-refractivity contribution in [3.05, 3.63) is 34.3 Å². The van der Waals surface area contributed by atoms with Gasteiger partial charge in [0.1, 0.15) is 4.88 Å². The molecule has 0 saturated heterocycles. The molecule has 0 atom stereocenters. The molecule has 116 valence electrons. The van der Waals surface area contributed by atoms with Gasteiger partial charge >= 0.3 is 0 Å². The Hall–Kier alpha value is -2.61. The lowest BCUT2D eigenvalue weighted by Gasteiger charge is -2.04. The summed E-state index contributed by atoms with van der Waals surface area (Å²) < 4.78 is 5.00.